The van der Waals surface area contributed by atoms with E-state index in [4.69, 9.17) is 16.6 Å². The Labute approximate surface area is 64.5 Å². The van der Waals surface area contributed by atoms with Crippen LogP contribution in [0.3, 0.4) is 0 Å². The molecule has 1 aromatic rings. The zero-order valence-corrected chi connectivity index (χ0v) is 6.86. The molecule has 0 aliphatic carbocycles. The van der Waals surface area contributed by atoms with Gasteiger partial charge in [-0.1, -0.05) is 13.8 Å². The second kappa shape index (κ2) is 2.96. The van der Waals surface area contributed by atoms with Crippen molar-refractivity contribution >= 4 is 12.2 Å². The Morgan fingerprint density at radius 1 is 1.70 bits per heavy atom. The Balaban J connectivity index is 2.67. The molecular weight excluding hydrogens is 148 g/mol. The quantitative estimate of drug-likeness (QED) is 0.669. The summed E-state index contributed by atoms with van der Waals surface area (Å²) >= 11 is 4.70. The van der Waals surface area contributed by atoms with E-state index in [-0.39, 0.29) is 0 Å². The highest BCUT2D eigenvalue weighted by atomic mass is 32.1. The molecule has 0 spiro atoms. The number of nitrogens with zero attached hydrogens (tertiary/aromatic N) is 1. The van der Waals surface area contributed by atoms with Gasteiger partial charge in [-0.15, -0.1) is 5.10 Å². The third-order valence-electron chi connectivity index (χ3n) is 1.07. The van der Waals surface area contributed by atoms with Crippen LogP contribution in [0.2, 0.25) is 0 Å². The Hall–Kier alpha value is -0.640. The first-order valence-electron chi connectivity index (χ1n) is 3.23. The van der Waals surface area contributed by atoms with Gasteiger partial charge in [0, 0.05) is 6.42 Å². The first kappa shape index (κ1) is 7.47. The molecule has 56 valence electrons. The molecule has 3 nitrogen and oxygen atoms in total. The van der Waals surface area contributed by atoms with Crippen molar-refractivity contribution in [1.82, 2.24) is 10.2 Å². The minimum atomic E-state index is 0.357. The van der Waals surface area contributed by atoms with Crippen molar-refractivity contribution in [2.45, 2.75) is 20.3 Å². The molecule has 0 amide bonds. The van der Waals surface area contributed by atoms with Gasteiger partial charge in [0.05, 0.1) is 0 Å². The Morgan fingerprint density at radius 3 is 2.80 bits per heavy atom. The molecule has 0 aliphatic heterocycles. The van der Waals surface area contributed by atoms with Crippen molar-refractivity contribution in [3.8, 4) is 0 Å². The Kier molecular flexibility index (Phi) is 2.21. The van der Waals surface area contributed by atoms with Crippen LogP contribution in [0.5, 0.6) is 0 Å². The normalized spacial score (nSPS) is 10.7. The maximum absolute atomic E-state index is 5.04. The van der Waals surface area contributed by atoms with Gasteiger partial charge in [-0.2, -0.15) is 0 Å². The number of aromatic amines is 1. The number of aromatic nitrogens is 2. The lowest BCUT2D eigenvalue weighted by Gasteiger charge is -1.95. The zero-order chi connectivity index (χ0) is 7.56. The van der Waals surface area contributed by atoms with E-state index < -0.39 is 0 Å². The summed E-state index contributed by atoms with van der Waals surface area (Å²) in [5.41, 5.74) is 0. The molecule has 10 heavy (non-hydrogen) atoms. The van der Waals surface area contributed by atoms with E-state index in [0.29, 0.717) is 16.6 Å². The molecule has 0 radical (unpaired) electrons. The van der Waals surface area contributed by atoms with Gasteiger partial charge in [0.25, 0.3) is 4.84 Å². The molecule has 1 heterocycles. The molecule has 1 aromatic heterocycles. The molecule has 0 aromatic carbocycles. The lowest BCUT2D eigenvalue weighted by Crippen LogP contribution is -1.93. The van der Waals surface area contributed by atoms with Crippen molar-refractivity contribution < 1.29 is 4.42 Å². The van der Waals surface area contributed by atoms with Crippen molar-refractivity contribution in [1.29, 1.82) is 0 Å². The van der Waals surface area contributed by atoms with Crippen molar-refractivity contribution in [2.24, 2.45) is 5.92 Å². The molecule has 0 saturated carbocycles. The Morgan fingerprint density at radius 2 is 2.40 bits per heavy atom. The van der Waals surface area contributed by atoms with Crippen LogP contribution >= 0.6 is 12.2 Å². The maximum atomic E-state index is 5.04. The van der Waals surface area contributed by atoms with Crippen LogP contribution in [-0.2, 0) is 6.42 Å². The number of rotatable bonds is 2. The summed E-state index contributed by atoms with van der Waals surface area (Å²) in [6.07, 6.45) is 0.840. The first-order valence-corrected chi connectivity index (χ1v) is 3.63. The summed E-state index contributed by atoms with van der Waals surface area (Å²) < 4.78 is 5.04. The van der Waals surface area contributed by atoms with Crippen molar-refractivity contribution in [2.75, 3.05) is 0 Å². The summed E-state index contributed by atoms with van der Waals surface area (Å²) in [7, 11) is 0. The summed E-state index contributed by atoms with van der Waals surface area (Å²) in [5.74, 6) is 1.25. The molecule has 4 heteroatoms. The minimum Gasteiger partial charge on any atom is -0.414 e. The lowest BCUT2D eigenvalue weighted by atomic mass is 10.1. The van der Waals surface area contributed by atoms with Crippen molar-refractivity contribution in [3.63, 3.8) is 0 Å². The molecule has 0 fully saturated rings. The molecule has 0 atom stereocenters. The number of H-pyrrole nitrogens is 1. The molecule has 0 bridgehead atoms. The third-order valence-corrected chi connectivity index (χ3v) is 1.24. The fourth-order valence-electron chi connectivity index (χ4n) is 0.697. The molecule has 0 saturated heterocycles. The first-order chi connectivity index (χ1) is 4.68. The van der Waals surface area contributed by atoms with E-state index in [2.05, 4.69) is 24.0 Å². The van der Waals surface area contributed by atoms with Crippen LogP contribution in [0.4, 0.5) is 0 Å². The van der Waals surface area contributed by atoms with Gasteiger partial charge in [0.2, 0.25) is 5.89 Å². The average molecular weight is 158 g/mol. The predicted molar refractivity (Wildman–Crippen MR) is 40.2 cm³/mol. The minimum absolute atomic E-state index is 0.357. The van der Waals surface area contributed by atoms with Gasteiger partial charge in [-0.25, -0.2) is 5.10 Å². The fraction of sp³-hybridized carbons (Fsp3) is 0.667. The highest BCUT2D eigenvalue weighted by Gasteiger charge is 2.01. The fourth-order valence-corrected chi connectivity index (χ4v) is 0.839. The second-order valence-corrected chi connectivity index (χ2v) is 2.98. The SMILES string of the molecule is CC(C)Cc1n[nH]c(=S)o1. The molecular formula is C6H10N2OS. The lowest BCUT2D eigenvalue weighted by molar-refractivity contribution is 0.448. The smallest absolute Gasteiger partial charge is 0.284 e. The summed E-state index contributed by atoms with van der Waals surface area (Å²) in [6, 6.07) is 0. The van der Waals surface area contributed by atoms with Crippen LogP contribution in [-0.4, -0.2) is 10.2 Å². The molecule has 1 rings (SSSR count). The monoisotopic (exact) mass is 158 g/mol. The number of nitrogens with one attached hydrogen (secondary N) is 1. The summed E-state index contributed by atoms with van der Waals surface area (Å²) in [6.45, 7) is 4.21. The predicted octanol–water partition coefficient (Wildman–Crippen LogP) is 1.93. The van der Waals surface area contributed by atoms with E-state index in [1.54, 1.807) is 0 Å². The number of hydrogen-bond donors (Lipinski definition) is 1. The third kappa shape index (κ3) is 1.95. The van der Waals surface area contributed by atoms with Gasteiger partial charge in [0.15, 0.2) is 0 Å². The topological polar surface area (TPSA) is 41.8 Å². The highest BCUT2D eigenvalue weighted by Crippen LogP contribution is 2.03. The standard InChI is InChI=1S/C6H10N2OS/c1-4(2)3-5-7-8-6(10)9-5/h4H,3H2,1-2H3,(H,8,10). The van der Waals surface area contributed by atoms with E-state index in [1.165, 1.54) is 0 Å². The van der Waals surface area contributed by atoms with Gasteiger partial charge >= 0.3 is 0 Å². The molecule has 1 N–H and O–H groups in total. The van der Waals surface area contributed by atoms with Crippen LogP contribution in [0, 0.1) is 10.8 Å². The average Bonchev–Trinajstić information content (AvgIpc) is 2.13. The molecule has 0 unspecified atom stereocenters. The van der Waals surface area contributed by atoms with Gasteiger partial charge < -0.3 is 4.42 Å². The van der Waals surface area contributed by atoms with Gasteiger partial charge in [0.1, 0.15) is 0 Å². The van der Waals surface area contributed by atoms with Crippen molar-refractivity contribution in [3.05, 3.63) is 10.7 Å². The number of hydrogen-bond acceptors (Lipinski definition) is 3. The maximum Gasteiger partial charge on any atom is 0.284 e. The van der Waals surface area contributed by atoms with Crippen LogP contribution in [0.15, 0.2) is 4.42 Å². The Bertz CT molecular complexity index is 250. The van der Waals surface area contributed by atoms with E-state index >= 15 is 0 Å². The van der Waals surface area contributed by atoms with Gasteiger partial charge in [-0.05, 0) is 18.1 Å². The zero-order valence-electron chi connectivity index (χ0n) is 6.05. The van der Waals surface area contributed by atoms with E-state index in [1.807, 2.05) is 0 Å². The van der Waals surface area contributed by atoms with E-state index in [0.717, 1.165) is 6.42 Å². The van der Waals surface area contributed by atoms with Gasteiger partial charge in [-0.3, -0.25) is 0 Å². The second-order valence-electron chi connectivity index (χ2n) is 2.60. The van der Waals surface area contributed by atoms with Crippen LogP contribution < -0.4 is 0 Å². The molecule has 0 aliphatic rings. The largest absolute Gasteiger partial charge is 0.414 e. The van der Waals surface area contributed by atoms with E-state index in [9.17, 15) is 0 Å². The summed E-state index contributed by atoms with van der Waals surface area (Å²) in [5, 5.41) is 6.43. The van der Waals surface area contributed by atoms with Crippen LogP contribution in [0.25, 0.3) is 0 Å². The summed E-state index contributed by atoms with van der Waals surface area (Å²) in [4.78, 5) is 0.357. The van der Waals surface area contributed by atoms with Crippen LogP contribution in [0.1, 0.15) is 19.7 Å². The highest BCUT2D eigenvalue weighted by molar-refractivity contribution is 7.71.